The molecule has 0 bridgehead atoms. The number of esters is 1. The van der Waals surface area contributed by atoms with Gasteiger partial charge in [0, 0.05) is 17.4 Å². The van der Waals surface area contributed by atoms with Crippen LogP contribution in [0, 0.1) is 10.1 Å². The van der Waals surface area contributed by atoms with Gasteiger partial charge in [-0.25, -0.2) is 4.79 Å². The molecule has 2 aromatic rings. The lowest BCUT2D eigenvalue weighted by molar-refractivity contribution is -0.383. The first kappa shape index (κ1) is 14.3. The minimum Gasteiger partial charge on any atom is -0.465 e. The van der Waals surface area contributed by atoms with Gasteiger partial charge in [-0.3, -0.25) is 10.1 Å². The molecule has 0 unspecified atom stereocenters. The monoisotopic (exact) mass is 287 g/mol. The van der Waals surface area contributed by atoms with Gasteiger partial charge in [-0.05, 0) is 30.3 Å². The molecule has 21 heavy (non-hydrogen) atoms. The molecule has 0 amide bonds. The smallest absolute Gasteiger partial charge is 0.338 e. The molecule has 0 saturated heterocycles. The molecule has 108 valence electrons. The first-order valence-corrected chi connectivity index (χ1v) is 6.00. The number of benzene rings is 2. The summed E-state index contributed by atoms with van der Waals surface area (Å²) in [5.74, 6) is -0.631. The lowest BCUT2D eigenvalue weighted by Crippen LogP contribution is -2.04. The molecule has 0 atom stereocenters. The van der Waals surface area contributed by atoms with Crippen molar-refractivity contribution < 1.29 is 14.5 Å². The van der Waals surface area contributed by atoms with E-state index in [-0.39, 0.29) is 16.9 Å². The highest BCUT2D eigenvalue weighted by atomic mass is 16.6. The quantitative estimate of drug-likeness (QED) is 0.387. The van der Waals surface area contributed by atoms with E-state index in [0.717, 1.165) is 0 Å². The fraction of sp³-hybridized carbons (Fsp3) is 0.0714. The van der Waals surface area contributed by atoms with Crippen molar-refractivity contribution in [2.45, 2.75) is 0 Å². The van der Waals surface area contributed by atoms with Crippen molar-refractivity contribution in [2.24, 2.45) is 0 Å². The van der Waals surface area contributed by atoms with E-state index in [0.29, 0.717) is 11.4 Å². The molecule has 0 saturated carbocycles. The fourth-order valence-corrected chi connectivity index (χ4v) is 1.81. The summed E-state index contributed by atoms with van der Waals surface area (Å²) in [6, 6.07) is 10.9. The second-order valence-electron chi connectivity index (χ2n) is 4.23. The van der Waals surface area contributed by atoms with Crippen molar-refractivity contribution in [3.63, 3.8) is 0 Å². The van der Waals surface area contributed by atoms with Crippen LogP contribution in [0.3, 0.4) is 0 Å². The summed E-state index contributed by atoms with van der Waals surface area (Å²) in [5, 5.41) is 14.0. The summed E-state index contributed by atoms with van der Waals surface area (Å²) < 4.78 is 4.55. The summed E-state index contributed by atoms with van der Waals surface area (Å²) in [6.07, 6.45) is 0. The SMILES string of the molecule is COC(=O)c1ccc(Nc2cccc(N)c2)c([N+](=O)[O-])c1. The lowest BCUT2D eigenvalue weighted by atomic mass is 10.1. The van der Waals surface area contributed by atoms with Crippen LogP contribution in [-0.2, 0) is 4.74 Å². The van der Waals surface area contributed by atoms with Gasteiger partial charge in [0.25, 0.3) is 5.69 Å². The predicted octanol–water partition coefficient (Wildman–Crippen LogP) is 2.71. The number of nitrogens with one attached hydrogen (secondary N) is 1. The zero-order valence-corrected chi connectivity index (χ0v) is 11.2. The third kappa shape index (κ3) is 3.27. The Morgan fingerprint density at radius 2 is 2.05 bits per heavy atom. The Bertz CT molecular complexity index is 700. The van der Waals surface area contributed by atoms with E-state index in [1.807, 2.05) is 0 Å². The first-order valence-electron chi connectivity index (χ1n) is 6.00. The average molecular weight is 287 g/mol. The van der Waals surface area contributed by atoms with Crippen LogP contribution in [0.4, 0.5) is 22.7 Å². The van der Waals surface area contributed by atoms with E-state index in [2.05, 4.69) is 10.1 Å². The maximum absolute atomic E-state index is 11.4. The first-order chi connectivity index (χ1) is 10.0. The standard InChI is InChI=1S/C14H13N3O4/c1-21-14(18)9-5-6-12(13(7-9)17(19)20)16-11-4-2-3-10(15)8-11/h2-8,16H,15H2,1H3. The van der Waals surface area contributed by atoms with Crippen LogP contribution in [0.1, 0.15) is 10.4 Å². The van der Waals surface area contributed by atoms with Crippen molar-refractivity contribution in [2.75, 3.05) is 18.2 Å². The number of carbonyl (C=O) groups is 1. The van der Waals surface area contributed by atoms with Crippen LogP contribution >= 0.6 is 0 Å². The summed E-state index contributed by atoms with van der Waals surface area (Å²) in [6.45, 7) is 0. The fourth-order valence-electron chi connectivity index (χ4n) is 1.81. The van der Waals surface area contributed by atoms with Crippen molar-refractivity contribution in [1.82, 2.24) is 0 Å². The van der Waals surface area contributed by atoms with Gasteiger partial charge in [-0.15, -0.1) is 0 Å². The van der Waals surface area contributed by atoms with E-state index in [9.17, 15) is 14.9 Å². The normalized spacial score (nSPS) is 9.95. The van der Waals surface area contributed by atoms with Crippen molar-refractivity contribution in [3.05, 3.63) is 58.1 Å². The number of anilines is 3. The summed E-state index contributed by atoms with van der Waals surface area (Å²) in [4.78, 5) is 22.0. The number of nitro benzene ring substituents is 1. The number of hydrogen-bond donors (Lipinski definition) is 2. The van der Waals surface area contributed by atoms with Crippen LogP contribution < -0.4 is 11.1 Å². The Kier molecular flexibility index (Phi) is 4.03. The molecule has 3 N–H and O–H groups in total. The van der Waals surface area contributed by atoms with Crippen LogP contribution in [0.5, 0.6) is 0 Å². The van der Waals surface area contributed by atoms with E-state index in [1.54, 1.807) is 24.3 Å². The topological polar surface area (TPSA) is 107 Å². The lowest BCUT2D eigenvalue weighted by Gasteiger charge is -2.08. The number of nitrogens with two attached hydrogens (primary N) is 1. The largest absolute Gasteiger partial charge is 0.465 e. The number of carbonyl (C=O) groups excluding carboxylic acids is 1. The third-order valence-electron chi connectivity index (χ3n) is 2.78. The molecule has 0 aliphatic heterocycles. The van der Waals surface area contributed by atoms with Gasteiger partial charge in [-0.2, -0.15) is 0 Å². The van der Waals surface area contributed by atoms with Crippen molar-refractivity contribution >= 4 is 28.7 Å². The Labute approximate surface area is 120 Å². The molecular formula is C14H13N3O4. The number of nitrogen functional groups attached to an aromatic ring is 1. The van der Waals surface area contributed by atoms with Crippen molar-refractivity contribution in [1.29, 1.82) is 0 Å². The second-order valence-corrected chi connectivity index (χ2v) is 4.23. The Morgan fingerprint density at radius 3 is 2.67 bits per heavy atom. The molecule has 7 heteroatoms. The van der Waals surface area contributed by atoms with Crippen molar-refractivity contribution in [3.8, 4) is 0 Å². The maximum Gasteiger partial charge on any atom is 0.338 e. The van der Waals surface area contributed by atoms with Gasteiger partial charge in [0.15, 0.2) is 0 Å². The van der Waals surface area contributed by atoms with Gasteiger partial charge in [0.1, 0.15) is 5.69 Å². The van der Waals surface area contributed by atoms with E-state index < -0.39 is 10.9 Å². The Hall–Kier alpha value is -3.09. The molecule has 0 spiro atoms. The highest BCUT2D eigenvalue weighted by Gasteiger charge is 2.18. The van der Waals surface area contributed by atoms with E-state index in [4.69, 9.17) is 5.73 Å². The van der Waals surface area contributed by atoms with Gasteiger partial charge in [0.05, 0.1) is 17.6 Å². The molecular weight excluding hydrogens is 274 g/mol. The third-order valence-corrected chi connectivity index (χ3v) is 2.78. The second kappa shape index (κ2) is 5.91. The molecule has 0 aliphatic rings. The number of nitro groups is 1. The minimum atomic E-state index is -0.631. The number of rotatable bonds is 4. The average Bonchev–Trinajstić information content (AvgIpc) is 2.46. The maximum atomic E-state index is 11.4. The molecule has 0 aromatic heterocycles. The van der Waals surface area contributed by atoms with E-state index in [1.165, 1.54) is 25.3 Å². The molecule has 0 radical (unpaired) electrons. The van der Waals surface area contributed by atoms with Gasteiger partial charge < -0.3 is 15.8 Å². The van der Waals surface area contributed by atoms with Gasteiger partial charge >= 0.3 is 5.97 Å². The Balaban J connectivity index is 2.39. The zero-order valence-electron chi connectivity index (χ0n) is 11.2. The molecule has 2 rings (SSSR count). The number of ether oxygens (including phenoxy) is 1. The van der Waals surface area contributed by atoms with Crippen LogP contribution in [0.15, 0.2) is 42.5 Å². The molecule has 7 nitrogen and oxygen atoms in total. The molecule has 0 fully saturated rings. The Morgan fingerprint density at radius 1 is 1.29 bits per heavy atom. The molecule has 0 aliphatic carbocycles. The van der Waals surface area contributed by atoms with E-state index >= 15 is 0 Å². The minimum absolute atomic E-state index is 0.113. The number of methoxy groups -OCH3 is 1. The highest BCUT2D eigenvalue weighted by Crippen LogP contribution is 2.29. The van der Waals surface area contributed by atoms with Gasteiger partial charge in [0.2, 0.25) is 0 Å². The summed E-state index contributed by atoms with van der Waals surface area (Å²) in [7, 11) is 1.22. The number of nitrogens with zero attached hydrogens (tertiary/aromatic N) is 1. The van der Waals surface area contributed by atoms with Crippen LogP contribution in [0.25, 0.3) is 0 Å². The summed E-state index contributed by atoms with van der Waals surface area (Å²) in [5.41, 5.74) is 6.96. The summed E-state index contributed by atoms with van der Waals surface area (Å²) >= 11 is 0. The molecule has 0 heterocycles. The molecule has 2 aromatic carbocycles. The van der Waals surface area contributed by atoms with Crippen LogP contribution in [-0.4, -0.2) is 18.0 Å². The van der Waals surface area contributed by atoms with Crippen LogP contribution in [0.2, 0.25) is 0 Å². The zero-order chi connectivity index (χ0) is 15.4. The highest BCUT2D eigenvalue weighted by molar-refractivity contribution is 5.91. The predicted molar refractivity (Wildman–Crippen MR) is 78.6 cm³/mol. The number of hydrogen-bond acceptors (Lipinski definition) is 6. The van der Waals surface area contributed by atoms with Gasteiger partial charge in [-0.1, -0.05) is 6.07 Å².